The van der Waals surface area contributed by atoms with E-state index in [1.54, 1.807) is 4.90 Å². The van der Waals surface area contributed by atoms with Crippen LogP contribution in [-0.4, -0.2) is 49.2 Å². The minimum absolute atomic E-state index is 0.214. The molecule has 0 saturated carbocycles. The zero-order valence-electron chi connectivity index (χ0n) is 13.4. The Morgan fingerprint density at radius 1 is 1.29 bits per heavy atom. The molecule has 1 fully saturated rings. The molecule has 3 N–H and O–H groups in total. The van der Waals surface area contributed by atoms with E-state index < -0.39 is 0 Å². The number of nitrogens with two attached hydrogens (primary N) is 1. The number of hydrogen-bond donors (Lipinski definition) is 2. The van der Waals surface area contributed by atoms with Gasteiger partial charge in [0.15, 0.2) is 5.96 Å². The van der Waals surface area contributed by atoms with Crippen molar-refractivity contribution >= 4 is 12.1 Å². The molecule has 0 unspecified atom stereocenters. The van der Waals surface area contributed by atoms with Crippen LogP contribution in [0.15, 0.2) is 4.99 Å². The van der Waals surface area contributed by atoms with Crippen molar-refractivity contribution in [1.82, 2.24) is 10.2 Å². The Morgan fingerprint density at radius 2 is 2.00 bits per heavy atom. The van der Waals surface area contributed by atoms with Gasteiger partial charge in [-0.15, -0.1) is 0 Å². The molecule has 1 amide bonds. The Hall–Kier alpha value is -1.46. The first-order valence-electron chi connectivity index (χ1n) is 8.15. The van der Waals surface area contributed by atoms with Crippen molar-refractivity contribution in [2.24, 2.45) is 10.7 Å². The van der Waals surface area contributed by atoms with Crippen molar-refractivity contribution in [3.8, 4) is 0 Å². The molecule has 1 aliphatic heterocycles. The average Bonchev–Trinajstić information content (AvgIpc) is 2.48. The van der Waals surface area contributed by atoms with Crippen LogP contribution in [0, 0.1) is 0 Å². The van der Waals surface area contributed by atoms with E-state index in [-0.39, 0.29) is 6.09 Å². The fourth-order valence-electron chi connectivity index (χ4n) is 2.41. The largest absolute Gasteiger partial charge is 0.450 e. The van der Waals surface area contributed by atoms with E-state index in [4.69, 9.17) is 10.5 Å². The van der Waals surface area contributed by atoms with Gasteiger partial charge in [-0.2, -0.15) is 0 Å². The third-order valence-electron chi connectivity index (χ3n) is 3.67. The fraction of sp³-hybridized carbons (Fsp3) is 0.867. The summed E-state index contributed by atoms with van der Waals surface area (Å²) in [4.78, 5) is 17.7. The minimum atomic E-state index is -0.214. The number of likely N-dealkylation sites (tertiary alicyclic amines) is 1. The maximum atomic E-state index is 11.6. The van der Waals surface area contributed by atoms with Crippen molar-refractivity contribution < 1.29 is 9.53 Å². The highest BCUT2D eigenvalue weighted by Gasteiger charge is 2.23. The van der Waals surface area contributed by atoms with Gasteiger partial charge in [-0.05, 0) is 26.2 Å². The maximum Gasteiger partial charge on any atom is 0.409 e. The van der Waals surface area contributed by atoms with Crippen LogP contribution in [0.5, 0.6) is 0 Å². The summed E-state index contributed by atoms with van der Waals surface area (Å²) in [6.07, 6.45) is 6.35. The Balaban J connectivity index is 2.19. The Kier molecular flexibility index (Phi) is 8.62. The first-order valence-corrected chi connectivity index (χ1v) is 8.15. The summed E-state index contributed by atoms with van der Waals surface area (Å²) in [7, 11) is 0. The fourth-order valence-corrected chi connectivity index (χ4v) is 2.41. The molecular weight excluding hydrogens is 268 g/mol. The molecule has 122 valence electrons. The highest BCUT2D eigenvalue weighted by molar-refractivity contribution is 5.78. The lowest BCUT2D eigenvalue weighted by atomic mass is 10.1. The van der Waals surface area contributed by atoms with Crippen LogP contribution in [0.2, 0.25) is 0 Å². The number of nitrogens with zero attached hydrogens (tertiary/aromatic N) is 2. The molecule has 6 nitrogen and oxygen atoms in total. The molecule has 21 heavy (non-hydrogen) atoms. The number of nitrogens with one attached hydrogen (secondary N) is 1. The van der Waals surface area contributed by atoms with Crippen molar-refractivity contribution in [2.45, 2.75) is 58.4 Å². The van der Waals surface area contributed by atoms with E-state index in [0.717, 1.165) is 25.8 Å². The summed E-state index contributed by atoms with van der Waals surface area (Å²) in [6.45, 7) is 6.65. The molecule has 0 aromatic rings. The highest BCUT2D eigenvalue weighted by atomic mass is 16.6. The third kappa shape index (κ3) is 7.20. The van der Waals surface area contributed by atoms with E-state index in [9.17, 15) is 4.79 Å². The molecule has 1 aliphatic rings. The van der Waals surface area contributed by atoms with E-state index in [2.05, 4.69) is 17.2 Å². The highest BCUT2D eigenvalue weighted by Crippen LogP contribution is 2.11. The first kappa shape index (κ1) is 17.6. The lowest BCUT2D eigenvalue weighted by molar-refractivity contribution is 0.0963. The standard InChI is InChI=1S/C15H30N4O2/c1-3-5-6-7-10-17-14(16)18-13-8-11-19(12-9-13)15(20)21-4-2/h13H,3-12H2,1-2H3,(H3,16,17,18). The van der Waals surface area contributed by atoms with Gasteiger partial charge in [0.25, 0.3) is 0 Å². The summed E-state index contributed by atoms with van der Waals surface area (Å²) in [6, 6.07) is 0.301. The SMILES string of the molecule is CCCCCCN=C(N)NC1CCN(C(=O)OCC)CC1. The lowest BCUT2D eigenvalue weighted by Crippen LogP contribution is -2.48. The van der Waals surface area contributed by atoms with Crippen molar-refractivity contribution in [2.75, 3.05) is 26.2 Å². The number of amides is 1. The number of unbranched alkanes of at least 4 members (excludes halogenated alkanes) is 3. The van der Waals surface area contributed by atoms with E-state index >= 15 is 0 Å². The topological polar surface area (TPSA) is 80.0 Å². The molecular formula is C15H30N4O2. The molecule has 1 heterocycles. The summed E-state index contributed by atoms with van der Waals surface area (Å²) in [5.41, 5.74) is 5.90. The van der Waals surface area contributed by atoms with E-state index in [0.29, 0.717) is 31.7 Å². The predicted molar refractivity (Wildman–Crippen MR) is 85.4 cm³/mol. The molecule has 0 aromatic carbocycles. The van der Waals surface area contributed by atoms with Gasteiger partial charge in [0.05, 0.1) is 6.61 Å². The van der Waals surface area contributed by atoms with Gasteiger partial charge in [0, 0.05) is 25.7 Å². The van der Waals surface area contributed by atoms with Crippen LogP contribution in [0.3, 0.4) is 0 Å². The Morgan fingerprint density at radius 3 is 2.62 bits per heavy atom. The molecule has 0 aliphatic carbocycles. The second-order valence-electron chi connectivity index (χ2n) is 5.43. The summed E-state index contributed by atoms with van der Waals surface area (Å²) in [5, 5.41) is 3.25. The number of hydrogen-bond acceptors (Lipinski definition) is 3. The number of rotatable bonds is 7. The van der Waals surface area contributed by atoms with Gasteiger partial charge in [0.2, 0.25) is 0 Å². The number of aliphatic imine (C=N–C) groups is 1. The number of ether oxygens (including phenoxy) is 1. The van der Waals surface area contributed by atoms with Crippen molar-refractivity contribution in [1.29, 1.82) is 0 Å². The van der Waals surface area contributed by atoms with Crippen molar-refractivity contribution in [3.05, 3.63) is 0 Å². The Bertz CT molecular complexity index is 326. The second kappa shape index (κ2) is 10.3. The first-order chi connectivity index (χ1) is 10.2. The molecule has 0 aromatic heterocycles. The van der Waals surface area contributed by atoms with Crippen LogP contribution < -0.4 is 11.1 Å². The molecule has 0 spiro atoms. The quantitative estimate of drug-likeness (QED) is 0.428. The number of carbonyl (C=O) groups is 1. The molecule has 1 rings (SSSR count). The molecule has 0 atom stereocenters. The van der Waals surface area contributed by atoms with Gasteiger partial charge in [-0.25, -0.2) is 4.79 Å². The van der Waals surface area contributed by atoms with Gasteiger partial charge in [-0.1, -0.05) is 26.2 Å². The average molecular weight is 298 g/mol. The van der Waals surface area contributed by atoms with Crippen LogP contribution in [0.4, 0.5) is 4.79 Å². The summed E-state index contributed by atoms with van der Waals surface area (Å²) >= 11 is 0. The number of piperidine rings is 1. The van der Waals surface area contributed by atoms with Crippen molar-refractivity contribution in [3.63, 3.8) is 0 Å². The van der Waals surface area contributed by atoms with Crippen LogP contribution >= 0.6 is 0 Å². The normalized spacial score (nSPS) is 16.9. The predicted octanol–water partition coefficient (Wildman–Crippen LogP) is 2.09. The van der Waals surface area contributed by atoms with Gasteiger partial charge < -0.3 is 20.7 Å². The molecule has 0 bridgehead atoms. The minimum Gasteiger partial charge on any atom is -0.450 e. The van der Waals surface area contributed by atoms with Crippen LogP contribution in [0.25, 0.3) is 0 Å². The second-order valence-corrected chi connectivity index (χ2v) is 5.43. The van der Waals surface area contributed by atoms with E-state index in [1.807, 2.05) is 6.92 Å². The molecule has 1 saturated heterocycles. The van der Waals surface area contributed by atoms with Gasteiger partial charge in [0.1, 0.15) is 0 Å². The zero-order chi connectivity index (χ0) is 15.5. The van der Waals surface area contributed by atoms with Gasteiger partial charge >= 0.3 is 6.09 Å². The smallest absolute Gasteiger partial charge is 0.409 e. The maximum absolute atomic E-state index is 11.6. The molecule has 6 heteroatoms. The van der Waals surface area contributed by atoms with Gasteiger partial charge in [-0.3, -0.25) is 4.99 Å². The Labute approximate surface area is 128 Å². The third-order valence-corrected chi connectivity index (χ3v) is 3.67. The van der Waals surface area contributed by atoms with Crippen LogP contribution in [-0.2, 0) is 4.74 Å². The zero-order valence-corrected chi connectivity index (χ0v) is 13.4. The monoisotopic (exact) mass is 298 g/mol. The lowest BCUT2D eigenvalue weighted by Gasteiger charge is -2.31. The molecule has 0 radical (unpaired) electrons. The van der Waals surface area contributed by atoms with Crippen LogP contribution in [0.1, 0.15) is 52.4 Å². The summed E-state index contributed by atoms with van der Waals surface area (Å²) < 4.78 is 5.00. The number of carbonyl (C=O) groups excluding carboxylic acids is 1. The number of guanidine groups is 1. The summed E-state index contributed by atoms with van der Waals surface area (Å²) in [5.74, 6) is 0.529. The van der Waals surface area contributed by atoms with E-state index in [1.165, 1.54) is 19.3 Å².